The van der Waals surface area contributed by atoms with Gasteiger partial charge in [0, 0.05) is 25.3 Å². The fourth-order valence-electron chi connectivity index (χ4n) is 3.72. The average Bonchev–Trinajstić information content (AvgIpc) is 3.16. The predicted molar refractivity (Wildman–Crippen MR) is 100 cm³/mol. The molecule has 138 valence electrons. The summed E-state index contributed by atoms with van der Waals surface area (Å²) < 4.78 is 0. The highest BCUT2D eigenvalue weighted by atomic mass is 16.2. The number of nitrogens with zero attached hydrogens (tertiary/aromatic N) is 5. The van der Waals surface area contributed by atoms with Crippen LogP contribution in [0.4, 0.5) is 5.82 Å². The molecule has 0 aliphatic carbocycles. The van der Waals surface area contributed by atoms with Crippen molar-refractivity contribution in [3.8, 4) is 24.5 Å². The number of carbonyl (C=O) groups is 1. The summed E-state index contributed by atoms with van der Waals surface area (Å²) in [5, 5.41) is 21.4. The van der Waals surface area contributed by atoms with Crippen molar-refractivity contribution in [1.82, 2.24) is 15.2 Å². The topological polar surface area (TPSA) is 96.0 Å². The molecule has 3 rings (SSSR count). The smallest absolute Gasteiger partial charge is 0.238 e. The van der Waals surface area contributed by atoms with Crippen LogP contribution in [-0.4, -0.2) is 53.6 Å². The molecule has 1 aromatic rings. The SMILES string of the molecule is C#C[C@H]1CC[C@@H](C#N)N1C(=O)CNC1CCN(c2ccc(C#N)cn2)CC1. The maximum absolute atomic E-state index is 12.5. The van der Waals surface area contributed by atoms with E-state index in [-0.39, 0.29) is 24.5 Å². The number of anilines is 1. The lowest BCUT2D eigenvalue weighted by Gasteiger charge is -2.33. The van der Waals surface area contributed by atoms with Crippen LogP contribution in [0.1, 0.15) is 31.2 Å². The fraction of sp³-hybridized carbons (Fsp3) is 0.500. The van der Waals surface area contributed by atoms with Crippen LogP contribution in [0.2, 0.25) is 0 Å². The molecule has 0 spiro atoms. The molecule has 3 heterocycles. The van der Waals surface area contributed by atoms with Gasteiger partial charge in [0.15, 0.2) is 0 Å². The van der Waals surface area contributed by atoms with Gasteiger partial charge >= 0.3 is 0 Å². The maximum atomic E-state index is 12.5. The van der Waals surface area contributed by atoms with Crippen LogP contribution < -0.4 is 10.2 Å². The third kappa shape index (κ3) is 4.19. The quantitative estimate of drug-likeness (QED) is 0.804. The number of nitrogens with one attached hydrogen (secondary N) is 1. The Morgan fingerprint density at radius 3 is 2.56 bits per heavy atom. The molecule has 1 aromatic heterocycles. The zero-order valence-corrected chi connectivity index (χ0v) is 15.1. The largest absolute Gasteiger partial charge is 0.357 e. The van der Waals surface area contributed by atoms with E-state index in [1.54, 1.807) is 17.2 Å². The van der Waals surface area contributed by atoms with Crippen molar-refractivity contribution >= 4 is 11.7 Å². The Morgan fingerprint density at radius 2 is 1.96 bits per heavy atom. The Labute approximate surface area is 159 Å². The Balaban J connectivity index is 1.48. The molecule has 2 saturated heterocycles. The number of aromatic nitrogens is 1. The van der Waals surface area contributed by atoms with E-state index >= 15 is 0 Å². The summed E-state index contributed by atoms with van der Waals surface area (Å²) in [6.07, 6.45) is 10.2. The molecule has 0 unspecified atom stereocenters. The average molecular weight is 362 g/mol. The molecule has 27 heavy (non-hydrogen) atoms. The summed E-state index contributed by atoms with van der Waals surface area (Å²) in [5.74, 6) is 3.39. The van der Waals surface area contributed by atoms with Crippen molar-refractivity contribution in [3.05, 3.63) is 23.9 Å². The summed E-state index contributed by atoms with van der Waals surface area (Å²) in [4.78, 5) is 20.6. The summed E-state index contributed by atoms with van der Waals surface area (Å²) >= 11 is 0. The van der Waals surface area contributed by atoms with Crippen molar-refractivity contribution in [2.75, 3.05) is 24.5 Å². The number of hydrogen-bond donors (Lipinski definition) is 1. The van der Waals surface area contributed by atoms with Gasteiger partial charge in [-0.25, -0.2) is 4.98 Å². The lowest BCUT2D eigenvalue weighted by Crippen LogP contribution is -2.49. The molecule has 1 amide bonds. The van der Waals surface area contributed by atoms with Gasteiger partial charge in [-0.2, -0.15) is 10.5 Å². The first kappa shape index (κ1) is 18.7. The molecule has 0 aromatic carbocycles. The van der Waals surface area contributed by atoms with Gasteiger partial charge < -0.3 is 15.1 Å². The van der Waals surface area contributed by atoms with E-state index < -0.39 is 6.04 Å². The van der Waals surface area contributed by atoms with E-state index in [9.17, 15) is 10.1 Å². The van der Waals surface area contributed by atoms with Gasteiger partial charge in [-0.15, -0.1) is 6.42 Å². The van der Waals surface area contributed by atoms with Crippen LogP contribution >= 0.6 is 0 Å². The van der Waals surface area contributed by atoms with Crippen molar-refractivity contribution in [2.24, 2.45) is 0 Å². The van der Waals surface area contributed by atoms with E-state index in [2.05, 4.69) is 33.3 Å². The number of pyridine rings is 1. The van der Waals surface area contributed by atoms with Crippen LogP contribution in [0.5, 0.6) is 0 Å². The van der Waals surface area contributed by atoms with E-state index in [0.29, 0.717) is 18.4 Å². The molecular formula is C20H22N6O. The molecule has 7 nitrogen and oxygen atoms in total. The lowest BCUT2D eigenvalue weighted by molar-refractivity contribution is -0.131. The number of terminal acetylenes is 1. The van der Waals surface area contributed by atoms with E-state index in [0.717, 1.165) is 31.7 Å². The first-order valence-corrected chi connectivity index (χ1v) is 9.17. The van der Waals surface area contributed by atoms with Crippen LogP contribution in [0.3, 0.4) is 0 Å². The van der Waals surface area contributed by atoms with Crippen molar-refractivity contribution in [1.29, 1.82) is 10.5 Å². The van der Waals surface area contributed by atoms with Gasteiger partial charge in [0.2, 0.25) is 5.91 Å². The zero-order valence-electron chi connectivity index (χ0n) is 15.1. The van der Waals surface area contributed by atoms with Gasteiger partial charge in [-0.1, -0.05) is 5.92 Å². The Morgan fingerprint density at radius 1 is 1.22 bits per heavy atom. The van der Waals surface area contributed by atoms with Crippen LogP contribution in [-0.2, 0) is 4.79 Å². The van der Waals surface area contributed by atoms with Crippen LogP contribution in [0.25, 0.3) is 0 Å². The van der Waals surface area contributed by atoms with Crippen molar-refractivity contribution in [2.45, 2.75) is 43.8 Å². The summed E-state index contributed by atoms with van der Waals surface area (Å²) in [7, 11) is 0. The summed E-state index contributed by atoms with van der Waals surface area (Å²) in [6, 6.07) is 7.45. The van der Waals surface area contributed by atoms with Gasteiger partial charge in [0.1, 0.15) is 17.9 Å². The lowest BCUT2D eigenvalue weighted by atomic mass is 10.0. The van der Waals surface area contributed by atoms with Crippen molar-refractivity contribution < 1.29 is 4.79 Å². The number of rotatable bonds is 4. The molecule has 0 radical (unpaired) electrons. The second kappa shape index (κ2) is 8.54. The molecule has 2 aliphatic heterocycles. The van der Waals surface area contributed by atoms with Crippen molar-refractivity contribution in [3.63, 3.8) is 0 Å². The normalized spacial score (nSPS) is 22.7. The fourth-order valence-corrected chi connectivity index (χ4v) is 3.72. The summed E-state index contributed by atoms with van der Waals surface area (Å²) in [6.45, 7) is 1.88. The molecule has 1 N–H and O–H groups in total. The van der Waals surface area contributed by atoms with Gasteiger partial charge in [-0.05, 0) is 37.8 Å². The zero-order chi connectivity index (χ0) is 19.2. The molecule has 7 heteroatoms. The Bertz CT molecular complexity index is 770. The maximum Gasteiger partial charge on any atom is 0.238 e. The first-order chi connectivity index (χ1) is 13.2. The highest BCUT2D eigenvalue weighted by Gasteiger charge is 2.36. The van der Waals surface area contributed by atoms with Crippen LogP contribution in [0, 0.1) is 35.0 Å². The number of piperidine rings is 1. The number of hydrogen-bond acceptors (Lipinski definition) is 6. The minimum absolute atomic E-state index is 0.0989. The number of amides is 1. The van der Waals surface area contributed by atoms with Crippen LogP contribution in [0.15, 0.2) is 18.3 Å². The molecule has 0 saturated carbocycles. The minimum atomic E-state index is -0.412. The Hall–Kier alpha value is -3.08. The molecule has 0 bridgehead atoms. The number of likely N-dealkylation sites (tertiary alicyclic amines) is 1. The third-order valence-electron chi connectivity index (χ3n) is 5.25. The van der Waals surface area contributed by atoms with E-state index in [1.165, 1.54) is 0 Å². The monoisotopic (exact) mass is 362 g/mol. The second-order valence-electron chi connectivity index (χ2n) is 6.86. The highest BCUT2D eigenvalue weighted by Crippen LogP contribution is 2.23. The number of carbonyl (C=O) groups excluding carboxylic acids is 1. The molecule has 2 aliphatic rings. The minimum Gasteiger partial charge on any atom is -0.357 e. The molecular weight excluding hydrogens is 340 g/mol. The predicted octanol–water partition coefficient (Wildman–Crippen LogP) is 1.03. The van der Waals surface area contributed by atoms with Gasteiger partial charge in [-0.3, -0.25) is 4.79 Å². The Kier molecular flexibility index (Phi) is 5.91. The third-order valence-corrected chi connectivity index (χ3v) is 5.25. The number of nitriles is 2. The van der Waals surface area contributed by atoms with E-state index in [1.807, 2.05) is 6.07 Å². The van der Waals surface area contributed by atoms with Gasteiger partial charge in [0.05, 0.1) is 24.2 Å². The summed E-state index contributed by atoms with van der Waals surface area (Å²) in [5.41, 5.74) is 0.552. The first-order valence-electron chi connectivity index (χ1n) is 9.17. The van der Waals surface area contributed by atoms with Gasteiger partial charge in [0.25, 0.3) is 0 Å². The molecule has 2 atom stereocenters. The molecule has 2 fully saturated rings. The standard InChI is InChI=1S/C20H22N6O/c1-2-17-4-5-18(12-22)26(17)20(27)14-23-16-7-9-25(10-8-16)19-6-3-15(11-21)13-24-19/h1,3,6,13,16-18,23H,4-5,7-10,14H2/t17-,18-/m0/s1. The second-order valence-corrected chi connectivity index (χ2v) is 6.86. The van der Waals surface area contributed by atoms with E-state index in [4.69, 9.17) is 11.7 Å². The highest BCUT2D eigenvalue weighted by molar-refractivity contribution is 5.80.